The largest absolute Gasteiger partial charge is 0.381 e. The highest BCUT2D eigenvalue weighted by atomic mass is 16.5. The minimum Gasteiger partial charge on any atom is -0.381 e. The molecule has 4 nitrogen and oxygen atoms in total. The summed E-state index contributed by atoms with van der Waals surface area (Å²) in [5.74, 6) is 0.635. The molecular weight excluding hydrogens is 204 g/mol. The van der Waals surface area contributed by atoms with E-state index in [0.717, 1.165) is 18.8 Å². The molecular formula is C12H22N2O2. The molecule has 1 aliphatic carbocycles. The molecule has 1 heterocycles. The van der Waals surface area contributed by atoms with Gasteiger partial charge in [0.15, 0.2) is 0 Å². The van der Waals surface area contributed by atoms with Crippen molar-refractivity contribution >= 4 is 5.91 Å². The molecule has 1 aliphatic heterocycles. The summed E-state index contributed by atoms with van der Waals surface area (Å²) in [6.07, 6.45) is 4.15. The lowest BCUT2D eigenvalue weighted by Gasteiger charge is -2.35. The number of nitrogens with one attached hydrogen (secondary N) is 1. The Hall–Kier alpha value is -0.610. The molecule has 16 heavy (non-hydrogen) atoms. The van der Waals surface area contributed by atoms with Gasteiger partial charge in [0.2, 0.25) is 5.91 Å². The summed E-state index contributed by atoms with van der Waals surface area (Å²) in [4.78, 5) is 11.6. The zero-order chi connectivity index (χ0) is 11.6. The van der Waals surface area contributed by atoms with E-state index in [0.29, 0.717) is 25.8 Å². The van der Waals surface area contributed by atoms with Crippen molar-refractivity contribution in [3.05, 3.63) is 0 Å². The van der Waals surface area contributed by atoms with Crippen molar-refractivity contribution in [1.29, 1.82) is 0 Å². The highest BCUT2D eigenvalue weighted by Gasteiger charge is 2.39. The van der Waals surface area contributed by atoms with E-state index in [1.807, 2.05) is 0 Å². The maximum absolute atomic E-state index is 11.6. The third kappa shape index (κ3) is 2.55. The number of nitrogens with two attached hydrogens (primary N) is 1. The Kier molecular flexibility index (Phi) is 3.50. The molecule has 1 saturated heterocycles. The smallest absolute Gasteiger partial charge is 0.225 e. The summed E-state index contributed by atoms with van der Waals surface area (Å²) in [7, 11) is 0. The lowest BCUT2D eigenvalue weighted by molar-refractivity contribution is -0.133. The number of hydrogen-bond acceptors (Lipinski definition) is 3. The maximum atomic E-state index is 11.6. The Labute approximate surface area is 96.9 Å². The first-order valence-corrected chi connectivity index (χ1v) is 6.25. The van der Waals surface area contributed by atoms with Crippen LogP contribution in [0.1, 0.15) is 32.6 Å². The molecule has 2 fully saturated rings. The molecule has 1 amide bonds. The monoisotopic (exact) mass is 226 g/mol. The average Bonchev–Trinajstić information content (AvgIpc) is 3.11. The molecule has 0 bridgehead atoms. The predicted molar refractivity (Wildman–Crippen MR) is 61.9 cm³/mol. The number of amides is 1. The van der Waals surface area contributed by atoms with Crippen LogP contribution < -0.4 is 11.1 Å². The second-order valence-electron chi connectivity index (χ2n) is 5.26. The second kappa shape index (κ2) is 4.72. The topological polar surface area (TPSA) is 64.3 Å². The van der Waals surface area contributed by atoms with E-state index < -0.39 is 0 Å². The van der Waals surface area contributed by atoms with Gasteiger partial charge in [-0.15, -0.1) is 0 Å². The molecule has 2 rings (SSSR count). The van der Waals surface area contributed by atoms with E-state index in [1.165, 1.54) is 12.8 Å². The minimum absolute atomic E-state index is 0.175. The lowest BCUT2D eigenvalue weighted by Crippen LogP contribution is -2.50. The number of carbonyl (C=O) groups is 1. The minimum atomic E-state index is -0.374. The zero-order valence-electron chi connectivity index (χ0n) is 10.00. The van der Waals surface area contributed by atoms with E-state index in [2.05, 4.69) is 12.2 Å². The molecule has 0 spiro atoms. The number of primary amides is 1. The Morgan fingerprint density at radius 1 is 1.50 bits per heavy atom. The Morgan fingerprint density at radius 3 is 2.62 bits per heavy atom. The fourth-order valence-corrected chi connectivity index (χ4v) is 2.39. The van der Waals surface area contributed by atoms with E-state index >= 15 is 0 Å². The summed E-state index contributed by atoms with van der Waals surface area (Å²) < 4.78 is 5.31. The first-order valence-electron chi connectivity index (χ1n) is 6.25. The average molecular weight is 226 g/mol. The Balaban J connectivity index is 1.88. The Bertz CT molecular complexity index is 258. The normalized spacial score (nSPS) is 26.3. The van der Waals surface area contributed by atoms with Crippen molar-refractivity contribution in [3.8, 4) is 0 Å². The van der Waals surface area contributed by atoms with Gasteiger partial charge in [-0.1, -0.05) is 0 Å². The molecule has 0 aromatic carbocycles. The summed E-state index contributed by atoms with van der Waals surface area (Å²) in [5, 5.41) is 3.48. The van der Waals surface area contributed by atoms with Crippen molar-refractivity contribution in [2.75, 3.05) is 19.8 Å². The van der Waals surface area contributed by atoms with Crippen molar-refractivity contribution in [2.24, 2.45) is 17.1 Å². The molecule has 0 radical (unpaired) electrons. The van der Waals surface area contributed by atoms with Crippen LogP contribution in [0.3, 0.4) is 0 Å². The van der Waals surface area contributed by atoms with Crippen LogP contribution >= 0.6 is 0 Å². The van der Waals surface area contributed by atoms with Gasteiger partial charge in [0.25, 0.3) is 0 Å². The highest BCUT2D eigenvalue weighted by Crippen LogP contribution is 2.34. The highest BCUT2D eigenvalue weighted by molar-refractivity contribution is 5.81. The van der Waals surface area contributed by atoms with Gasteiger partial charge < -0.3 is 15.8 Å². The van der Waals surface area contributed by atoms with E-state index in [4.69, 9.17) is 10.5 Å². The molecule has 1 unspecified atom stereocenters. The third-order valence-corrected chi connectivity index (χ3v) is 4.06. The van der Waals surface area contributed by atoms with Crippen LogP contribution in [0, 0.1) is 11.3 Å². The summed E-state index contributed by atoms with van der Waals surface area (Å²) in [6.45, 7) is 4.22. The quantitative estimate of drug-likeness (QED) is 0.723. The van der Waals surface area contributed by atoms with E-state index in [1.54, 1.807) is 0 Å². The van der Waals surface area contributed by atoms with Crippen LogP contribution in [0.2, 0.25) is 0 Å². The summed E-state index contributed by atoms with van der Waals surface area (Å²) in [5.41, 5.74) is 5.17. The van der Waals surface area contributed by atoms with E-state index in [9.17, 15) is 4.79 Å². The second-order valence-corrected chi connectivity index (χ2v) is 5.26. The van der Waals surface area contributed by atoms with Crippen molar-refractivity contribution < 1.29 is 9.53 Å². The van der Waals surface area contributed by atoms with Crippen LogP contribution in [-0.2, 0) is 9.53 Å². The van der Waals surface area contributed by atoms with Crippen molar-refractivity contribution in [2.45, 2.75) is 38.6 Å². The molecule has 4 heteroatoms. The molecule has 0 aromatic heterocycles. The molecule has 2 aliphatic rings. The number of carbonyl (C=O) groups excluding carboxylic acids is 1. The van der Waals surface area contributed by atoms with Crippen LogP contribution in [-0.4, -0.2) is 31.7 Å². The number of rotatable bonds is 5. The van der Waals surface area contributed by atoms with Crippen LogP contribution in [0.4, 0.5) is 0 Å². The van der Waals surface area contributed by atoms with Gasteiger partial charge in [-0.05, 0) is 38.5 Å². The first-order chi connectivity index (χ1) is 7.64. The van der Waals surface area contributed by atoms with E-state index in [-0.39, 0.29) is 11.3 Å². The number of ether oxygens (including phenoxy) is 1. The van der Waals surface area contributed by atoms with Gasteiger partial charge in [0, 0.05) is 25.8 Å². The van der Waals surface area contributed by atoms with Crippen LogP contribution in [0.25, 0.3) is 0 Å². The van der Waals surface area contributed by atoms with Crippen molar-refractivity contribution in [3.63, 3.8) is 0 Å². The first kappa shape index (κ1) is 11.9. The fraction of sp³-hybridized carbons (Fsp3) is 0.917. The fourth-order valence-electron chi connectivity index (χ4n) is 2.39. The lowest BCUT2D eigenvalue weighted by atomic mass is 9.79. The molecule has 92 valence electrons. The van der Waals surface area contributed by atoms with Gasteiger partial charge in [-0.2, -0.15) is 0 Å². The third-order valence-electron chi connectivity index (χ3n) is 4.06. The van der Waals surface area contributed by atoms with Crippen LogP contribution in [0.15, 0.2) is 0 Å². The Morgan fingerprint density at radius 2 is 2.12 bits per heavy atom. The zero-order valence-corrected chi connectivity index (χ0v) is 10.00. The van der Waals surface area contributed by atoms with Gasteiger partial charge in [0.05, 0.1) is 5.41 Å². The number of hydrogen-bond donors (Lipinski definition) is 2. The SMILES string of the molecule is CC(NCC1(C(N)=O)CCOCC1)C1CC1. The maximum Gasteiger partial charge on any atom is 0.225 e. The standard InChI is InChI=1S/C12H22N2O2/c1-9(10-2-3-10)14-8-12(11(13)15)4-6-16-7-5-12/h9-10,14H,2-8H2,1H3,(H2,13,15). The van der Waals surface area contributed by atoms with Gasteiger partial charge in [-0.3, -0.25) is 4.79 Å². The van der Waals surface area contributed by atoms with Gasteiger partial charge in [-0.25, -0.2) is 0 Å². The predicted octanol–water partition coefficient (Wildman–Crippen LogP) is 0.657. The molecule has 1 saturated carbocycles. The van der Waals surface area contributed by atoms with Crippen molar-refractivity contribution in [1.82, 2.24) is 5.32 Å². The molecule has 3 N–H and O–H groups in total. The van der Waals surface area contributed by atoms with Crippen LogP contribution in [0.5, 0.6) is 0 Å². The van der Waals surface area contributed by atoms with Gasteiger partial charge in [0.1, 0.15) is 0 Å². The van der Waals surface area contributed by atoms with Gasteiger partial charge >= 0.3 is 0 Å². The molecule has 1 atom stereocenters. The molecule has 0 aromatic rings. The summed E-state index contributed by atoms with van der Waals surface area (Å²) in [6, 6.07) is 0.513. The summed E-state index contributed by atoms with van der Waals surface area (Å²) >= 11 is 0.